The van der Waals surface area contributed by atoms with Crippen molar-refractivity contribution in [1.82, 2.24) is 0 Å². The van der Waals surface area contributed by atoms with Crippen LogP contribution in [0.2, 0.25) is 0 Å². The number of aliphatic hydroxyl groups is 1. The fourth-order valence-corrected chi connectivity index (χ4v) is 4.92. The third-order valence-electron chi connectivity index (χ3n) is 7.15. The van der Waals surface area contributed by atoms with Crippen molar-refractivity contribution in [2.75, 3.05) is 0 Å². The molecular weight excluding hydrogens is 412 g/mol. The topological polar surface area (TPSA) is 20.2 Å². The first-order valence-corrected chi connectivity index (χ1v) is 12.2. The van der Waals surface area contributed by atoms with Gasteiger partial charge >= 0.3 is 0 Å². The van der Waals surface area contributed by atoms with Gasteiger partial charge in [-0.2, -0.15) is 0 Å². The highest BCUT2D eigenvalue weighted by atomic mass is 16.3. The molecule has 1 heteroatoms. The fraction of sp³-hybridized carbons (Fsp3) is 0.273. The summed E-state index contributed by atoms with van der Waals surface area (Å²) in [4.78, 5) is 0. The van der Waals surface area contributed by atoms with Crippen molar-refractivity contribution >= 4 is 0 Å². The van der Waals surface area contributed by atoms with Crippen LogP contribution >= 0.6 is 0 Å². The van der Waals surface area contributed by atoms with Crippen LogP contribution in [-0.4, -0.2) is 5.11 Å². The summed E-state index contributed by atoms with van der Waals surface area (Å²) in [5, 5.41) is 11.3. The smallest absolute Gasteiger partial charge is 0.105 e. The Hall–Kier alpha value is -3.16. The number of hydrogen-bond donors (Lipinski definition) is 1. The zero-order chi connectivity index (χ0) is 24.3. The number of aliphatic hydroxyl groups excluding tert-OH is 1. The van der Waals surface area contributed by atoms with E-state index in [0.717, 1.165) is 33.4 Å². The molecule has 1 nitrogen and oxygen atoms in total. The lowest BCUT2D eigenvalue weighted by atomic mass is 9.86. The minimum absolute atomic E-state index is 0.138. The third kappa shape index (κ3) is 3.99. The molecule has 172 valence electrons. The van der Waals surface area contributed by atoms with E-state index in [1.165, 1.54) is 22.3 Å². The van der Waals surface area contributed by atoms with E-state index in [9.17, 15) is 5.11 Å². The van der Waals surface area contributed by atoms with Gasteiger partial charge in [0.25, 0.3) is 0 Å². The maximum absolute atomic E-state index is 11.3. The lowest BCUT2D eigenvalue weighted by molar-refractivity contribution is 0.225. The molecule has 1 aliphatic rings. The van der Waals surface area contributed by atoms with Gasteiger partial charge < -0.3 is 5.11 Å². The molecule has 5 rings (SSSR count). The molecule has 0 amide bonds. The highest BCUT2D eigenvalue weighted by Crippen LogP contribution is 2.46. The lowest BCUT2D eigenvalue weighted by Crippen LogP contribution is -2.10. The first-order valence-electron chi connectivity index (χ1n) is 12.2. The van der Waals surface area contributed by atoms with Crippen LogP contribution in [0.25, 0.3) is 33.4 Å². The molecular formula is C33H34O. The molecule has 0 bridgehead atoms. The second-order valence-electron chi connectivity index (χ2n) is 11.7. The van der Waals surface area contributed by atoms with E-state index in [-0.39, 0.29) is 10.8 Å². The predicted molar refractivity (Wildman–Crippen MR) is 144 cm³/mol. The Morgan fingerprint density at radius 1 is 0.471 bits per heavy atom. The second-order valence-corrected chi connectivity index (χ2v) is 11.7. The van der Waals surface area contributed by atoms with Crippen LogP contribution in [0.1, 0.15) is 69.9 Å². The van der Waals surface area contributed by atoms with Crippen molar-refractivity contribution < 1.29 is 5.11 Å². The summed E-state index contributed by atoms with van der Waals surface area (Å²) in [6.45, 7) is 13.4. The zero-order valence-electron chi connectivity index (χ0n) is 21.1. The largest absolute Gasteiger partial charge is 0.384 e. The zero-order valence-corrected chi connectivity index (χ0v) is 21.1. The summed E-state index contributed by atoms with van der Waals surface area (Å²) in [6, 6.07) is 30.6. The fourth-order valence-electron chi connectivity index (χ4n) is 4.92. The predicted octanol–water partition coefficient (Wildman–Crippen LogP) is 8.68. The molecule has 0 saturated heterocycles. The average molecular weight is 447 g/mol. The average Bonchev–Trinajstić information content (AvgIpc) is 3.09. The molecule has 0 aromatic heterocycles. The number of benzene rings is 4. The molecule has 0 fully saturated rings. The van der Waals surface area contributed by atoms with Crippen LogP contribution in [0.3, 0.4) is 0 Å². The van der Waals surface area contributed by atoms with Crippen LogP contribution in [0.4, 0.5) is 0 Å². The van der Waals surface area contributed by atoms with Crippen molar-refractivity contribution in [2.24, 2.45) is 0 Å². The minimum atomic E-state index is -0.604. The van der Waals surface area contributed by atoms with Gasteiger partial charge in [-0.15, -0.1) is 0 Å². The van der Waals surface area contributed by atoms with Gasteiger partial charge in [-0.05, 0) is 78.6 Å². The molecule has 1 N–H and O–H groups in total. The SMILES string of the molecule is CC(C)(C)c1ccc(-c2ccc3c(c2)C(O)c2cc(-c4ccc(C(C)(C)C)cc4)ccc2-3)cc1. The maximum atomic E-state index is 11.3. The van der Waals surface area contributed by atoms with Gasteiger partial charge in [-0.1, -0.05) is 114 Å². The highest BCUT2D eigenvalue weighted by Gasteiger charge is 2.28. The summed E-state index contributed by atoms with van der Waals surface area (Å²) < 4.78 is 0. The van der Waals surface area contributed by atoms with E-state index in [1.807, 2.05) is 0 Å². The second kappa shape index (κ2) is 7.96. The normalized spacial score (nSPS) is 13.6. The van der Waals surface area contributed by atoms with E-state index in [4.69, 9.17) is 0 Å². The van der Waals surface area contributed by atoms with Gasteiger partial charge in [0.2, 0.25) is 0 Å². The lowest BCUT2D eigenvalue weighted by Gasteiger charge is -2.19. The molecule has 1 aliphatic carbocycles. The molecule has 0 unspecified atom stereocenters. The van der Waals surface area contributed by atoms with Crippen LogP contribution in [-0.2, 0) is 10.8 Å². The van der Waals surface area contributed by atoms with Gasteiger partial charge in [0, 0.05) is 0 Å². The Balaban J connectivity index is 1.47. The number of rotatable bonds is 2. The monoisotopic (exact) mass is 446 g/mol. The Morgan fingerprint density at radius 2 is 0.794 bits per heavy atom. The Bertz CT molecular complexity index is 1240. The number of hydrogen-bond acceptors (Lipinski definition) is 1. The van der Waals surface area contributed by atoms with Crippen molar-refractivity contribution in [1.29, 1.82) is 0 Å². The van der Waals surface area contributed by atoms with Crippen molar-refractivity contribution in [3.05, 3.63) is 107 Å². The van der Waals surface area contributed by atoms with Crippen LogP contribution in [0, 0.1) is 0 Å². The van der Waals surface area contributed by atoms with Gasteiger partial charge in [0.05, 0.1) is 0 Å². The number of fused-ring (bicyclic) bond motifs is 3. The van der Waals surface area contributed by atoms with E-state index in [2.05, 4.69) is 126 Å². The van der Waals surface area contributed by atoms with Gasteiger partial charge in [-0.25, -0.2) is 0 Å². The Labute approximate surface area is 204 Å². The molecule has 0 radical (unpaired) electrons. The molecule has 0 aliphatic heterocycles. The summed E-state index contributed by atoms with van der Waals surface area (Å²) >= 11 is 0. The summed E-state index contributed by atoms with van der Waals surface area (Å²) in [5.41, 5.74) is 11.8. The van der Waals surface area contributed by atoms with E-state index in [0.29, 0.717) is 0 Å². The molecule has 0 atom stereocenters. The first-order chi connectivity index (χ1) is 16.0. The summed E-state index contributed by atoms with van der Waals surface area (Å²) in [7, 11) is 0. The quantitative estimate of drug-likeness (QED) is 0.326. The molecule has 34 heavy (non-hydrogen) atoms. The highest BCUT2D eigenvalue weighted by molar-refractivity contribution is 5.83. The summed E-state index contributed by atoms with van der Waals surface area (Å²) in [6.07, 6.45) is -0.604. The van der Waals surface area contributed by atoms with Crippen LogP contribution in [0.15, 0.2) is 84.9 Å². The third-order valence-corrected chi connectivity index (χ3v) is 7.15. The van der Waals surface area contributed by atoms with Gasteiger partial charge in [0.1, 0.15) is 6.10 Å². The Morgan fingerprint density at radius 3 is 1.12 bits per heavy atom. The standard InChI is InChI=1S/C33H34O/c1-32(2,3)25-13-7-21(8-14-25)23-11-17-27-28-18-12-24(20-30(28)31(34)29(27)19-23)22-9-15-26(16-10-22)33(4,5)6/h7-20,31,34H,1-6H3. The van der Waals surface area contributed by atoms with Crippen molar-refractivity contribution in [3.63, 3.8) is 0 Å². The van der Waals surface area contributed by atoms with E-state index >= 15 is 0 Å². The molecule has 0 heterocycles. The van der Waals surface area contributed by atoms with Gasteiger partial charge in [-0.3, -0.25) is 0 Å². The molecule has 0 saturated carbocycles. The molecule has 4 aromatic rings. The maximum Gasteiger partial charge on any atom is 0.105 e. The van der Waals surface area contributed by atoms with E-state index in [1.54, 1.807) is 0 Å². The molecule has 0 spiro atoms. The van der Waals surface area contributed by atoms with Crippen molar-refractivity contribution in [2.45, 2.75) is 58.5 Å². The summed E-state index contributed by atoms with van der Waals surface area (Å²) in [5.74, 6) is 0. The van der Waals surface area contributed by atoms with E-state index < -0.39 is 6.10 Å². The van der Waals surface area contributed by atoms with Crippen molar-refractivity contribution in [3.8, 4) is 33.4 Å². The minimum Gasteiger partial charge on any atom is -0.384 e. The van der Waals surface area contributed by atoms with Crippen LogP contribution < -0.4 is 0 Å². The first kappa shape index (κ1) is 22.6. The van der Waals surface area contributed by atoms with Crippen LogP contribution in [0.5, 0.6) is 0 Å². The molecule has 4 aromatic carbocycles. The van der Waals surface area contributed by atoms with Gasteiger partial charge in [0.15, 0.2) is 0 Å². The Kier molecular flexibility index (Phi) is 5.30.